The van der Waals surface area contributed by atoms with Crippen molar-refractivity contribution in [2.75, 3.05) is 0 Å². The Morgan fingerprint density at radius 2 is 1.84 bits per heavy atom. The molecule has 0 atom stereocenters. The molecule has 31 heavy (non-hydrogen) atoms. The summed E-state index contributed by atoms with van der Waals surface area (Å²) in [5.41, 5.74) is 6.68. The minimum Gasteiger partial charge on any atom is -0.281 e. The third-order valence-corrected chi connectivity index (χ3v) is 5.48. The van der Waals surface area contributed by atoms with Crippen molar-refractivity contribution < 1.29 is 4.39 Å². The van der Waals surface area contributed by atoms with Crippen molar-refractivity contribution in [1.82, 2.24) is 29.9 Å². The summed E-state index contributed by atoms with van der Waals surface area (Å²) in [6.07, 6.45) is 2.96. The lowest BCUT2D eigenvalue weighted by atomic mass is 10.0. The predicted molar refractivity (Wildman–Crippen MR) is 118 cm³/mol. The Morgan fingerprint density at radius 3 is 2.65 bits per heavy atom. The highest BCUT2D eigenvalue weighted by Gasteiger charge is 2.16. The molecule has 0 bridgehead atoms. The molecule has 154 valence electrons. The molecule has 0 aliphatic heterocycles. The fourth-order valence-corrected chi connectivity index (χ4v) is 3.95. The molecule has 2 aromatic carbocycles. The van der Waals surface area contributed by atoms with Crippen LogP contribution in [0, 0.1) is 12.7 Å². The van der Waals surface area contributed by atoms with E-state index in [-0.39, 0.29) is 5.82 Å². The van der Waals surface area contributed by atoms with Gasteiger partial charge in [-0.3, -0.25) is 5.10 Å². The van der Waals surface area contributed by atoms with Crippen molar-refractivity contribution in [3.05, 3.63) is 89.4 Å². The average Bonchev–Trinajstić information content (AvgIpc) is 3.35. The average molecular weight is 412 g/mol. The summed E-state index contributed by atoms with van der Waals surface area (Å²) in [5.74, 6) is 0.470. The molecule has 6 nitrogen and oxygen atoms in total. The van der Waals surface area contributed by atoms with E-state index in [0.717, 1.165) is 57.0 Å². The van der Waals surface area contributed by atoms with Gasteiger partial charge in [0.05, 0.1) is 22.6 Å². The van der Waals surface area contributed by atoms with Gasteiger partial charge in [-0.15, -0.1) is 0 Å². The zero-order valence-electron chi connectivity index (χ0n) is 17.3. The maximum absolute atomic E-state index is 13.3. The van der Waals surface area contributed by atoms with Crippen molar-refractivity contribution in [3.8, 4) is 17.1 Å². The Labute approximate surface area is 178 Å². The molecule has 0 amide bonds. The van der Waals surface area contributed by atoms with Gasteiger partial charge in [0.1, 0.15) is 12.1 Å². The van der Waals surface area contributed by atoms with Crippen LogP contribution in [0.3, 0.4) is 0 Å². The molecule has 0 aliphatic carbocycles. The van der Waals surface area contributed by atoms with Crippen molar-refractivity contribution in [1.29, 1.82) is 0 Å². The molecule has 3 heterocycles. The number of nitrogens with one attached hydrogen (secondary N) is 1. The molecule has 0 saturated carbocycles. The lowest BCUT2D eigenvalue weighted by molar-refractivity contribution is 0.628. The van der Waals surface area contributed by atoms with Crippen molar-refractivity contribution in [2.45, 2.75) is 26.7 Å². The minimum atomic E-state index is -0.257. The molecular weight excluding hydrogens is 391 g/mol. The van der Waals surface area contributed by atoms with E-state index in [1.54, 1.807) is 18.5 Å². The molecule has 5 aromatic rings. The summed E-state index contributed by atoms with van der Waals surface area (Å²) in [6.45, 7) is 4.08. The number of halogens is 1. The third kappa shape index (κ3) is 3.48. The van der Waals surface area contributed by atoms with Gasteiger partial charge in [-0.05, 0) is 43.7 Å². The minimum absolute atomic E-state index is 0.257. The van der Waals surface area contributed by atoms with Crippen LogP contribution in [0.15, 0.2) is 60.9 Å². The van der Waals surface area contributed by atoms with Crippen LogP contribution in [0.25, 0.3) is 28.0 Å². The van der Waals surface area contributed by atoms with Crippen LogP contribution in [0.2, 0.25) is 0 Å². The first-order chi connectivity index (χ1) is 15.1. The van der Waals surface area contributed by atoms with Gasteiger partial charge in [-0.1, -0.05) is 25.1 Å². The lowest BCUT2D eigenvalue weighted by Gasteiger charge is -2.06. The van der Waals surface area contributed by atoms with Crippen LogP contribution in [0.1, 0.15) is 29.6 Å². The first-order valence-electron chi connectivity index (χ1n) is 10.2. The van der Waals surface area contributed by atoms with E-state index in [9.17, 15) is 4.39 Å². The number of aromatic amines is 1. The van der Waals surface area contributed by atoms with E-state index < -0.39 is 0 Å². The second kappa shape index (κ2) is 7.75. The first kappa shape index (κ1) is 19.1. The maximum Gasteiger partial charge on any atom is 0.157 e. The summed E-state index contributed by atoms with van der Waals surface area (Å²) in [6, 6.07) is 16.5. The Kier molecular flexibility index (Phi) is 4.78. The molecule has 0 spiro atoms. The smallest absolute Gasteiger partial charge is 0.157 e. The Balaban J connectivity index is 1.50. The Bertz CT molecular complexity index is 1370. The lowest BCUT2D eigenvalue weighted by Crippen LogP contribution is -2.04. The van der Waals surface area contributed by atoms with Gasteiger partial charge in [0, 0.05) is 34.7 Å². The number of fused-ring (bicyclic) bond motifs is 1. The number of hydrogen-bond acceptors (Lipinski definition) is 4. The molecule has 5 rings (SSSR count). The van der Waals surface area contributed by atoms with Gasteiger partial charge in [-0.2, -0.15) is 10.2 Å². The van der Waals surface area contributed by atoms with Gasteiger partial charge in [0.2, 0.25) is 0 Å². The van der Waals surface area contributed by atoms with Gasteiger partial charge in [0.15, 0.2) is 5.82 Å². The zero-order valence-corrected chi connectivity index (χ0v) is 17.3. The molecule has 3 aromatic heterocycles. The zero-order chi connectivity index (χ0) is 21.4. The van der Waals surface area contributed by atoms with Gasteiger partial charge in [0.25, 0.3) is 0 Å². The highest BCUT2D eigenvalue weighted by atomic mass is 19.1. The number of nitrogens with zero attached hydrogens (tertiary/aromatic N) is 5. The first-order valence-corrected chi connectivity index (χ1v) is 10.2. The maximum atomic E-state index is 13.3. The highest BCUT2D eigenvalue weighted by Crippen LogP contribution is 2.26. The van der Waals surface area contributed by atoms with E-state index in [1.807, 2.05) is 35.9 Å². The fourth-order valence-electron chi connectivity index (χ4n) is 3.95. The quantitative estimate of drug-likeness (QED) is 0.450. The Hall–Kier alpha value is -3.87. The largest absolute Gasteiger partial charge is 0.281 e. The van der Waals surface area contributed by atoms with E-state index in [2.05, 4.69) is 38.3 Å². The second-order valence-electron chi connectivity index (χ2n) is 7.45. The van der Waals surface area contributed by atoms with Crippen molar-refractivity contribution in [2.24, 2.45) is 0 Å². The number of rotatable bonds is 5. The summed E-state index contributed by atoms with van der Waals surface area (Å²) < 4.78 is 15.2. The third-order valence-electron chi connectivity index (χ3n) is 5.48. The molecule has 0 aliphatic rings. The van der Waals surface area contributed by atoms with Crippen molar-refractivity contribution >= 4 is 10.9 Å². The molecule has 0 radical (unpaired) electrons. The van der Waals surface area contributed by atoms with E-state index in [1.165, 1.54) is 12.1 Å². The van der Waals surface area contributed by atoms with Gasteiger partial charge >= 0.3 is 0 Å². The summed E-state index contributed by atoms with van der Waals surface area (Å²) in [5, 5.41) is 13.4. The van der Waals surface area contributed by atoms with E-state index >= 15 is 0 Å². The number of aromatic nitrogens is 6. The molecule has 0 fully saturated rings. The topological polar surface area (TPSA) is 72.3 Å². The highest BCUT2D eigenvalue weighted by molar-refractivity contribution is 5.83. The molecular formula is C24H21FN6. The normalized spacial score (nSPS) is 11.3. The van der Waals surface area contributed by atoms with E-state index in [0.29, 0.717) is 6.42 Å². The van der Waals surface area contributed by atoms with Crippen LogP contribution in [-0.2, 0) is 12.8 Å². The number of H-pyrrole nitrogens is 1. The van der Waals surface area contributed by atoms with Crippen LogP contribution >= 0.6 is 0 Å². The number of benzene rings is 2. The summed E-state index contributed by atoms with van der Waals surface area (Å²) >= 11 is 0. The standard InChI is InChI=1S/C24H21FN6/c1-3-19-21(28-29-24(19)16-8-10-17(25)11-9-16)12-18-13-23(27-14-26-18)31-22-7-5-4-6-20(22)15(2)30-31/h4-11,13-14H,3,12H2,1-2H3,(H,28,29). The van der Waals surface area contributed by atoms with E-state index in [4.69, 9.17) is 0 Å². The van der Waals surface area contributed by atoms with Crippen LogP contribution in [0.5, 0.6) is 0 Å². The molecule has 7 heteroatoms. The molecule has 0 saturated heterocycles. The van der Waals surface area contributed by atoms with Crippen LogP contribution in [-0.4, -0.2) is 29.9 Å². The summed E-state index contributed by atoms with van der Waals surface area (Å²) in [7, 11) is 0. The molecule has 1 N–H and O–H groups in total. The SMILES string of the molecule is CCc1c(-c2ccc(F)cc2)n[nH]c1Cc1cc(-n2nc(C)c3ccccc32)ncn1. The van der Waals surface area contributed by atoms with Crippen LogP contribution < -0.4 is 0 Å². The number of para-hydroxylation sites is 1. The monoisotopic (exact) mass is 412 g/mol. The van der Waals surface area contributed by atoms with Gasteiger partial charge in [-0.25, -0.2) is 19.0 Å². The fraction of sp³-hybridized carbons (Fsp3) is 0.167. The van der Waals surface area contributed by atoms with Crippen molar-refractivity contribution in [3.63, 3.8) is 0 Å². The number of aryl methyl sites for hydroxylation is 1. The molecule has 0 unspecified atom stereocenters. The van der Waals surface area contributed by atoms with Gasteiger partial charge < -0.3 is 0 Å². The predicted octanol–water partition coefficient (Wildman–Crippen LogP) is 4.81. The van der Waals surface area contributed by atoms with Crippen LogP contribution in [0.4, 0.5) is 4.39 Å². The Morgan fingerprint density at radius 1 is 1.03 bits per heavy atom. The second-order valence-corrected chi connectivity index (χ2v) is 7.45. The summed E-state index contributed by atoms with van der Waals surface area (Å²) in [4.78, 5) is 8.91. The number of hydrogen-bond donors (Lipinski definition) is 1.